The second-order valence-electron chi connectivity index (χ2n) is 5.12. The van der Waals surface area contributed by atoms with Gasteiger partial charge in [0, 0.05) is 6.42 Å². The van der Waals surface area contributed by atoms with Crippen LogP contribution in [0, 0.1) is 0 Å². The van der Waals surface area contributed by atoms with E-state index in [1.807, 2.05) is 0 Å². The Morgan fingerprint density at radius 1 is 1.09 bits per heavy atom. The van der Waals surface area contributed by atoms with Crippen LogP contribution < -0.4 is 0 Å². The van der Waals surface area contributed by atoms with Crippen LogP contribution in [0.1, 0.15) is 71.6 Å². The van der Waals surface area contributed by atoms with Gasteiger partial charge >= 0.3 is 17.9 Å². The summed E-state index contributed by atoms with van der Waals surface area (Å²) in [6, 6.07) is -2.99. The number of carbonyl (C=O) groups is 3. The minimum atomic E-state index is -1.64. The van der Waals surface area contributed by atoms with Crippen molar-refractivity contribution in [3.8, 4) is 0 Å². The van der Waals surface area contributed by atoms with Gasteiger partial charge in [0.1, 0.15) is 0 Å². The smallest absolute Gasteiger partial charge is 0.339 e. The Morgan fingerprint density at radius 3 is 2.30 bits per heavy atom. The topological polar surface area (TPSA) is 101 Å². The number of aromatic carboxylic acids is 1. The molecule has 1 rings (SSSR count). The van der Waals surface area contributed by atoms with E-state index in [9.17, 15) is 19.5 Å². The zero-order valence-electron chi connectivity index (χ0n) is 16.8. The zero-order chi connectivity index (χ0) is 20.7. The predicted octanol–water partition coefficient (Wildman–Crippen LogP) is 3.36. The lowest BCUT2D eigenvalue weighted by Gasteiger charge is -2.14. The molecule has 0 heterocycles. The van der Waals surface area contributed by atoms with Crippen molar-refractivity contribution in [1.82, 2.24) is 0 Å². The van der Waals surface area contributed by atoms with Crippen LogP contribution in [0.25, 0.3) is 0 Å². The summed E-state index contributed by atoms with van der Waals surface area (Å²) in [6.45, 7) is 1.60. The lowest BCUT2D eigenvalue weighted by atomic mass is 10.1. The van der Waals surface area contributed by atoms with E-state index in [1.165, 1.54) is 0 Å². The van der Waals surface area contributed by atoms with Crippen molar-refractivity contribution in [3.63, 3.8) is 0 Å². The molecule has 1 unspecified atom stereocenters. The van der Waals surface area contributed by atoms with Crippen LogP contribution >= 0.6 is 0 Å². The third-order valence-corrected chi connectivity index (χ3v) is 3.17. The van der Waals surface area contributed by atoms with Crippen LogP contribution in [-0.4, -0.2) is 34.2 Å². The lowest BCUT2D eigenvalue weighted by Crippen LogP contribution is -2.17. The molecule has 0 aliphatic rings. The molecule has 6 nitrogen and oxygen atoms in total. The van der Waals surface area contributed by atoms with Crippen molar-refractivity contribution in [2.75, 3.05) is 0 Å². The summed E-state index contributed by atoms with van der Waals surface area (Å²) in [7, 11) is 0. The van der Waals surface area contributed by atoms with E-state index in [1.54, 1.807) is 6.92 Å². The van der Waals surface area contributed by atoms with Gasteiger partial charge in [-0.3, -0.25) is 4.79 Å². The molecular weight excluding hydrogens is 300 g/mol. The summed E-state index contributed by atoms with van der Waals surface area (Å²) in [5, 5.41) is 17.8. The quantitative estimate of drug-likeness (QED) is 0.505. The van der Waals surface area contributed by atoms with Crippen LogP contribution in [0.15, 0.2) is 24.2 Å². The SMILES string of the molecule is [2H]c1c([2H])c([2H])c(C(=O)OC(C)CCCCCCC(=O)O)c(C(=O)O)c1[2H]. The molecule has 0 saturated carbocycles. The average molecular weight is 326 g/mol. The highest BCUT2D eigenvalue weighted by atomic mass is 16.5. The minimum absolute atomic E-state index is 0.103. The number of benzene rings is 1. The van der Waals surface area contributed by atoms with Crippen molar-refractivity contribution >= 4 is 17.9 Å². The molecule has 0 aliphatic heterocycles. The highest BCUT2D eigenvalue weighted by Gasteiger charge is 2.18. The first-order valence-corrected chi connectivity index (χ1v) is 7.34. The summed E-state index contributed by atoms with van der Waals surface area (Å²) in [6.07, 6.45) is 2.69. The summed E-state index contributed by atoms with van der Waals surface area (Å²) in [5.41, 5.74) is -1.51. The standard InChI is InChI=1S/C17H22O6/c1-12(8-4-2-3-5-11-15(18)19)23-17(22)14-10-7-6-9-13(14)16(20)21/h6-7,9-10,12H,2-5,8,11H2,1H3,(H,18,19)(H,20,21)/i6D,7D,9D,10D. The van der Waals surface area contributed by atoms with Crippen molar-refractivity contribution in [3.05, 3.63) is 35.3 Å². The fourth-order valence-electron chi connectivity index (χ4n) is 1.99. The summed E-state index contributed by atoms with van der Waals surface area (Å²) >= 11 is 0. The zero-order valence-corrected chi connectivity index (χ0v) is 12.8. The van der Waals surface area contributed by atoms with Gasteiger partial charge in [0.2, 0.25) is 0 Å². The van der Waals surface area contributed by atoms with Crippen molar-refractivity contribution in [2.24, 2.45) is 0 Å². The van der Waals surface area contributed by atoms with Gasteiger partial charge in [-0.05, 0) is 38.3 Å². The number of unbranched alkanes of at least 4 members (excludes halogenated alkanes) is 3. The maximum Gasteiger partial charge on any atom is 0.339 e. The van der Waals surface area contributed by atoms with E-state index in [0.717, 1.165) is 12.8 Å². The molecule has 126 valence electrons. The molecule has 1 aromatic rings. The average Bonchev–Trinajstić information content (AvgIpc) is 2.58. The number of ether oxygens (including phenoxy) is 1. The van der Waals surface area contributed by atoms with Gasteiger partial charge in [-0.15, -0.1) is 0 Å². The number of hydrogen-bond donors (Lipinski definition) is 2. The molecule has 0 saturated heterocycles. The molecule has 23 heavy (non-hydrogen) atoms. The van der Waals surface area contributed by atoms with E-state index in [4.69, 9.17) is 15.3 Å². The van der Waals surface area contributed by atoms with E-state index in [-0.39, 0.29) is 6.42 Å². The summed E-state index contributed by atoms with van der Waals surface area (Å²) in [5.74, 6) is -3.60. The summed E-state index contributed by atoms with van der Waals surface area (Å²) in [4.78, 5) is 34.1. The Hall–Kier alpha value is -2.37. The van der Waals surface area contributed by atoms with Gasteiger partial charge in [0.05, 0.1) is 22.7 Å². The van der Waals surface area contributed by atoms with E-state index >= 15 is 0 Å². The highest BCUT2D eigenvalue weighted by Crippen LogP contribution is 2.14. The molecule has 0 radical (unpaired) electrons. The Morgan fingerprint density at radius 2 is 1.70 bits per heavy atom. The van der Waals surface area contributed by atoms with Crippen LogP contribution in [-0.2, 0) is 9.53 Å². The number of aliphatic carboxylic acids is 1. The fourth-order valence-corrected chi connectivity index (χ4v) is 1.99. The van der Waals surface area contributed by atoms with Crippen LogP contribution in [0.2, 0.25) is 0 Å². The first kappa shape index (κ1) is 13.1. The van der Waals surface area contributed by atoms with Gasteiger partial charge in [-0.1, -0.05) is 24.9 Å². The van der Waals surface area contributed by atoms with E-state index in [2.05, 4.69) is 0 Å². The molecule has 1 aromatic carbocycles. The maximum absolute atomic E-state index is 12.3. The Bertz CT molecular complexity index is 735. The number of carboxylic acids is 2. The molecule has 0 aliphatic carbocycles. The molecule has 0 spiro atoms. The van der Waals surface area contributed by atoms with Crippen LogP contribution in [0.5, 0.6) is 0 Å². The van der Waals surface area contributed by atoms with Crippen molar-refractivity contribution in [2.45, 2.75) is 51.6 Å². The Labute approximate surface area is 140 Å². The first-order chi connectivity index (χ1) is 12.6. The van der Waals surface area contributed by atoms with Crippen LogP contribution in [0.4, 0.5) is 0 Å². The Balaban J connectivity index is 2.77. The van der Waals surface area contributed by atoms with Gasteiger partial charge in [-0.25, -0.2) is 9.59 Å². The molecule has 1 atom stereocenters. The highest BCUT2D eigenvalue weighted by molar-refractivity contribution is 6.02. The number of carboxylic acid groups (broad SMARTS) is 2. The number of carbonyl (C=O) groups excluding carboxylic acids is 1. The maximum atomic E-state index is 12.3. The van der Waals surface area contributed by atoms with Gasteiger partial charge in [0.25, 0.3) is 0 Å². The Kier molecular flexibility index (Phi) is 5.47. The second-order valence-corrected chi connectivity index (χ2v) is 5.12. The largest absolute Gasteiger partial charge is 0.481 e. The number of esters is 1. The fraction of sp³-hybridized carbons (Fsp3) is 0.471. The van der Waals surface area contributed by atoms with E-state index < -0.39 is 59.3 Å². The molecule has 0 amide bonds. The molecule has 2 N–H and O–H groups in total. The van der Waals surface area contributed by atoms with Gasteiger partial charge in [0.15, 0.2) is 0 Å². The molecule has 0 fully saturated rings. The molecule has 6 heteroatoms. The monoisotopic (exact) mass is 326 g/mol. The molecular formula is C17H22O6. The summed E-state index contributed by atoms with van der Waals surface area (Å²) < 4.78 is 35.7. The normalized spacial score (nSPS) is 14.1. The number of rotatable bonds is 10. The third-order valence-electron chi connectivity index (χ3n) is 3.17. The van der Waals surface area contributed by atoms with Crippen molar-refractivity contribution in [1.29, 1.82) is 0 Å². The first-order valence-electron chi connectivity index (χ1n) is 9.34. The third kappa shape index (κ3) is 6.95. The van der Waals surface area contributed by atoms with Crippen LogP contribution in [0.3, 0.4) is 0 Å². The minimum Gasteiger partial charge on any atom is -0.481 e. The lowest BCUT2D eigenvalue weighted by molar-refractivity contribution is -0.137. The molecule has 0 aromatic heterocycles. The number of hydrogen-bond acceptors (Lipinski definition) is 4. The van der Waals surface area contributed by atoms with Crippen molar-refractivity contribution < 1.29 is 34.8 Å². The van der Waals surface area contributed by atoms with Gasteiger partial charge in [-0.2, -0.15) is 0 Å². The second kappa shape index (κ2) is 9.61. The predicted molar refractivity (Wildman–Crippen MR) is 83.6 cm³/mol. The van der Waals surface area contributed by atoms with Gasteiger partial charge < -0.3 is 14.9 Å². The van der Waals surface area contributed by atoms with E-state index in [0.29, 0.717) is 19.3 Å². The molecule has 0 bridgehead atoms.